The van der Waals surface area contributed by atoms with Crippen LogP contribution in [-0.2, 0) is 5.54 Å². The van der Waals surface area contributed by atoms with Gasteiger partial charge in [0.2, 0.25) is 0 Å². The molecule has 0 saturated carbocycles. The molecular weight excluding hydrogens is 213 g/mol. The summed E-state index contributed by atoms with van der Waals surface area (Å²) in [6.07, 6.45) is 3.02. The fourth-order valence-corrected chi connectivity index (χ4v) is 2.56. The molecule has 2 rings (SSSR count). The maximum Gasteiger partial charge on any atom is 0.129 e. The third kappa shape index (κ3) is 1.88. The molecule has 0 amide bonds. The van der Waals surface area contributed by atoms with Crippen molar-refractivity contribution in [3.8, 4) is 0 Å². The molecule has 1 aromatic rings. The highest BCUT2D eigenvalue weighted by Gasteiger charge is 2.35. The van der Waals surface area contributed by atoms with Crippen molar-refractivity contribution in [1.29, 1.82) is 0 Å². The Morgan fingerprint density at radius 2 is 2.33 bits per heavy atom. The molecule has 1 atom stereocenters. The second-order valence-corrected chi connectivity index (χ2v) is 4.53. The van der Waals surface area contributed by atoms with Crippen molar-refractivity contribution in [3.63, 3.8) is 0 Å². The highest BCUT2D eigenvalue weighted by molar-refractivity contribution is 6.30. The number of halogens is 2. The fraction of sp³-hybridized carbons (Fsp3) is 0.500. The Morgan fingerprint density at radius 3 is 2.87 bits per heavy atom. The van der Waals surface area contributed by atoms with Crippen LogP contribution in [0.25, 0.3) is 0 Å². The molecule has 0 radical (unpaired) electrons. The summed E-state index contributed by atoms with van der Waals surface area (Å²) in [5, 5.41) is 3.87. The van der Waals surface area contributed by atoms with Crippen molar-refractivity contribution in [2.75, 3.05) is 6.54 Å². The molecule has 1 heterocycles. The minimum absolute atomic E-state index is 0.172. The predicted octanol–water partition coefficient (Wildman–Crippen LogP) is 3.47. The van der Waals surface area contributed by atoms with Crippen LogP contribution in [0.4, 0.5) is 4.39 Å². The van der Waals surface area contributed by atoms with Crippen LogP contribution in [0.1, 0.15) is 31.7 Å². The maximum atomic E-state index is 13.8. The summed E-state index contributed by atoms with van der Waals surface area (Å²) in [5.41, 5.74) is 0.584. The largest absolute Gasteiger partial charge is 0.307 e. The third-order valence-corrected chi connectivity index (χ3v) is 3.53. The zero-order chi connectivity index (χ0) is 10.9. The standard InChI is InChI=1S/C12H15ClFN/c1-2-12(6-3-7-15-12)10-5-4-9(13)8-11(10)14/h4-5,8,15H,2-3,6-7H2,1H3. The van der Waals surface area contributed by atoms with Crippen molar-refractivity contribution in [1.82, 2.24) is 5.32 Å². The second-order valence-electron chi connectivity index (χ2n) is 4.09. The number of hydrogen-bond acceptors (Lipinski definition) is 1. The Kier molecular flexibility index (Phi) is 2.98. The Morgan fingerprint density at radius 1 is 1.53 bits per heavy atom. The summed E-state index contributed by atoms with van der Waals surface area (Å²) >= 11 is 5.75. The minimum Gasteiger partial charge on any atom is -0.307 e. The van der Waals surface area contributed by atoms with Gasteiger partial charge in [0.05, 0.1) is 0 Å². The first-order valence-corrected chi connectivity index (χ1v) is 5.76. The van der Waals surface area contributed by atoms with Crippen molar-refractivity contribution >= 4 is 11.6 Å². The summed E-state index contributed by atoms with van der Waals surface area (Å²) in [7, 11) is 0. The summed E-state index contributed by atoms with van der Waals surface area (Å²) in [6.45, 7) is 3.06. The quantitative estimate of drug-likeness (QED) is 0.816. The molecule has 3 heteroatoms. The Bertz CT molecular complexity index is 359. The van der Waals surface area contributed by atoms with Gasteiger partial charge in [-0.3, -0.25) is 0 Å². The normalized spacial score (nSPS) is 25.8. The zero-order valence-electron chi connectivity index (χ0n) is 8.82. The number of nitrogens with one attached hydrogen (secondary N) is 1. The first-order chi connectivity index (χ1) is 7.18. The van der Waals surface area contributed by atoms with E-state index < -0.39 is 0 Å². The van der Waals surface area contributed by atoms with Gasteiger partial charge in [0.15, 0.2) is 0 Å². The zero-order valence-corrected chi connectivity index (χ0v) is 9.57. The summed E-state index contributed by atoms with van der Waals surface area (Å²) in [4.78, 5) is 0. The van der Waals surface area contributed by atoms with E-state index in [0.717, 1.165) is 31.4 Å². The molecule has 0 aliphatic carbocycles. The average molecular weight is 228 g/mol. The van der Waals surface area contributed by atoms with Gasteiger partial charge in [-0.2, -0.15) is 0 Å². The molecule has 1 aromatic carbocycles. The fourth-order valence-electron chi connectivity index (χ4n) is 2.41. The van der Waals surface area contributed by atoms with Gasteiger partial charge in [0.25, 0.3) is 0 Å². The van der Waals surface area contributed by atoms with Crippen molar-refractivity contribution in [2.24, 2.45) is 0 Å². The number of hydrogen-bond donors (Lipinski definition) is 1. The number of rotatable bonds is 2. The monoisotopic (exact) mass is 227 g/mol. The van der Waals surface area contributed by atoms with Gasteiger partial charge in [0, 0.05) is 16.1 Å². The molecule has 1 saturated heterocycles. The lowest BCUT2D eigenvalue weighted by Gasteiger charge is -2.29. The molecular formula is C12H15ClFN. The summed E-state index contributed by atoms with van der Waals surface area (Å²) in [6, 6.07) is 4.96. The Hall–Kier alpha value is -0.600. The molecule has 1 aliphatic rings. The van der Waals surface area contributed by atoms with Gasteiger partial charge in [0.1, 0.15) is 5.82 Å². The van der Waals surface area contributed by atoms with Crippen LogP contribution in [-0.4, -0.2) is 6.54 Å². The van der Waals surface area contributed by atoms with Crippen LogP contribution in [0, 0.1) is 5.82 Å². The van der Waals surface area contributed by atoms with E-state index in [4.69, 9.17) is 11.6 Å². The smallest absolute Gasteiger partial charge is 0.129 e. The van der Waals surface area contributed by atoms with Crippen LogP contribution in [0.2, 0.25) is 5.02 Å². The number of benzene rings is 1. The molecule has 1 aliphatic heterocycles. The second kappa shape index (κ2) is 4.11. The first-order valence-electron chi connectivity index (χ1n) is 5.38. The average Bonchev–Trinajstić information content (AvgIpc) is 2.67. The van der Waals surface area contributed by atoms with E-state index in [9.17, 15) is 4.39 Å². The van der Waals surface area contributed by atoms with Crippen molar-refractivity contribution in [2.45, 2.75) is 31.7 Å². The third-order valence-electron chi connectivity index (χ3n) is 3.29. The van der Waals surface area contributed by atoms with Crippen LogP contribution < -0.4 is 5.32 Å². The molecule has 82 valence electrons. The molecule has 1 unspecified atom stereocenters. The van der Waals surface area contributed by atoms with Crippen molar-refractivity contribution in [3.05, 3.63) is 34.6 Å². The van der Waals surface area contributed by atoms with E-state index in [0.29, 0.717) is 5.02 Å². The summed E-state index contributed by atoms with van der Waals surface area (Å²) < 4.78 is 13.8. The Labute approximate surface area is 94.6 Å². The minimum atomic E-state index is -0.196. The van der Waals surface area contributed by atoms with Crippen LogP contribution in [0.5, 0.6) is 0 Å². The van der Waals surface area contributed by atoms with Crippen molar-refractivity contribution < 1.29 is 4.39 Å². The van der Waals surface area contributed by atoms with E-state index in [1.807, 2.05) is 0 Å². The molecule has 0 bridgehead atoms. The van der Waals surface area contributed by atoms with Gasteiger partial charge in [-0.25, -0.2) is 4.39 Å². The SMILES string of the molecule is CCC1(c2ccc(Cl)cc2F)CCCN1. The van der Waals surface area contributed by atoms with E-state index in [-0.39, 0.29) is 11.4 Å². The molecule has 15 heavy (non-hydrogen) atoms. The Balaban J connectivity index is 2.42. The lowest BCUT2D eigenvalue weighted by Crippen LogP contribution is -2.36. The molecule has 1 N–H and O–H groups in total. The van der Waals surface area contributed by atoms with E-state index in [1.54, 1.807) is 12.1 Å². The lowest BCUT2D eigenvalue weighted by molar-refractivity contribution is 0.359. The van der Waals surface area contributed by atoms with E-state index in [1.165, 1.54) is 6.07 Å². The highest BCUT2D eigenvalue weighted by Crippen LogP contribution is 2.36. The molecule has 0 spiro atoms. The van der Waals surface area contributed by atoms with Gasteiger partial charge < -0.3 is 5.32 Å². The van der Waals surface area contributed by atoms with Crippen LogP contribution >= 0.6 is 11.6 Å². The predicted molar refractivity (Wildman–Crippen MR) is 60.6 cm³/mol. The van der Waals surface area contributed by atoms with Gasteiger partial charge in [-0.05, 0) is 37.9 Å². The molecule has 1 nitrogen and oxygen atoms in total. The highest BCUT2D eigenvalue weighted by atomic mass is 35.5. The van der Waals surface area contributed by atoms with E-state index in [2.05, 4.69) is 12.2 Å². The molecule has 1 fully saturated rings. The topological polar surface area (TPSA) is 12.0 Å². The van der Waals surface area contributed by atoms with Gasteiger partial charge in [-0.1, -0.05) is 24.6 Å². The van der Waals surface area contributed by atoms with Crippen LogP contribution in [0.15, 0.2) is 18.2 Å². The maximum absolute atomic E-state index is 13.8. The summed E-state index contributed by atoms with van der Waals surface area (Å²) in [5.74, 6) is -0.196. The van der Waals surface area contributed by atoms with E-state index >= 15 is 0 Å². The van der Waals surface area contributed by atoms with Gasteiger partial charge >= 0.3 is 0 Å². The van der Waals surface area contributed by atoms with Gasteiger partial charge in [-0.15, -0.1) is 0 Å². The molecule has 0 aromatic heterocycles. The lowest BCUT2D eigenvalue weighted by atomic mass is 9.85. The van der Waals surface area contributed by atoms with Crippen LogP contribution in [0.3, 0.4) is 0 Å². The first kappa shape index (κ1) is 10.9.